The van der Waals surface area contributed by atoms with Crippen molar-refractivity contribution in [3.05, 3.63) is 35.4 Å². The van der Waals surface area contributed by atoms with E-state index in [2.05, 4.69) is 22.6 Å². The van der Waals surface area contributed by atoms with Crippen LogP contribution in [0.3, 0.4) is 0 Å². The Hall–Kier alpha value is -2.99. The number of nitriles is 2. The second-order valence-electron chi connectivity index (χ2n) is 4.22. The van der Waals surface area contributed by atoms with Crippen molar-refractivity contribution < 1.29 is 0 Å². The minimum atomic E-state index is 0.265. The lowest BCUT2D eigenvalue weighted by Crippen LogP contribution is -2.03. The molecule has 0 saturated carbocycles. The van der Waals surface area contributed by atoms with Crippen LogP contribution in [0.25, 0.3) is 5.69 Å². The Morgan fingerprint density at radius 1 is 1.35 bits per heavy atom. The number of rotatable bonds is 4. The predicted octanol–water partition coefficient (Wildman–Crippen LogP) is 2.02. The van der Waals surface area contributed by atoms with E-state index >= 15 is 0 Å². The average molecular weight is 266 g/mol. The summed E-state index contributed by atoms with van der Waals surface area (Å²) in [5.74, 6) is 0.732. The van der Waals surface area contributed by atoms with Gasteiger partial charge in [-0.3, -0.25) is 0 Å². The predicted molar refractivity (Wildman–Crippen MR) is 76.2 cm³/mol. The summed E-state index contributed by atoms with van der Waals surface area (Å²) in [5, 5.41) is 25.5. The molecule has 0 spiro atoms. The number of anilines is 2. The summed E-state index contributed by atoms with van der Waals surface area (Å²) < 4.78 is 1.47. The van der Waals surface area contributed by atoms with Gasteiger partial charge in [-0.15, -0.1) is 5.10 Å². The lowest BCUT2D eigenvalue weighted by atomic mass is 10.2. The molecule has 0 saturated heterocycles. The molecule has 0 bridgehead atoms. The Morgan fingerprint density at radius 2 is 2.15 bits per heavy atom. The van der Waals surface area contributed by atoms with Crippen LogP contribution in [0.2, 0.25) is 0 Å². The van der Waals surface area contributed by atoms with Crippen molar-refractivity contribution in [2.24, 2.45) is 0 Å². The van der Waals surface area contributed by atoms with Crippen molar-refractivity contribution in [1.29, 1.82) is 10.5 Å². The van der Waals surface area contributed by atoms with Gasteiger partial charge in [0.2, 0.25) is 0 Å². The zero-order valence-corrected chi connectivity index (χ0v) is 11.1. The van der Waals surface area contributed by atoms with Gasteiger partial charge in [-0.1, -0.05) is 13.0 Å². The SMILES string of the molecule is CCCNc1nn(-c2cccc(C#N)c2)c(N)c1C#N. The van der Waals surface area contributed by atoms with Crippen LogP contribution >= 0.6 is 0 Å². The third-order valence-electron chi connectivity index (χ3n) is 2.80. The van der Waals surface area contributed by atoms with Crippen molar-refractivity contribution >= 4 is 11.6 Å². The lowest BCUT2D eigenvalue weighted by Gasteiger charge is -2.03. The van der Waals surface area contributed by atoms with Gasteiger partial charge in [-0.2, -0.15) is 10.5 Å². The highest BCUT2D eigenvalue weighted by Crippen LogP contribution is 2.24. The lowest BCUT2D eigenvalue weighted by molar-refractivity contribution is 0.880. The highest BCUT2D eigenvalue weighted by atomic mass is 15.3. The fraction of sp³-hybridized carbons (Fsp3) is 0.214. The maximum Gasteiger partial charge on any atom is 0.168 e. The molecule has 6 nitrogen and oxygen atoms in total. The quantitative estimate of drug-likeness (QED) is 0.881. The molecule has 1 aromatic heterocycles. The van der Waals surface area contributed by atoms with Crippen LogP contribution in [0.4, 0.5) is 11.6 Å². The zero-order chi connectivity index (χ0) is 14.5. The highest BCUT2D eigenvalue weighted by molar-refractivity contribution is 5.66. The summed E-state index contributed by atoms with van der Waals surface area (Å²) in [4.78, 5) is 0. The Bertz CT molecular complexity index is 701. The van der Waals surface area contributed by atoms with Crippen molar-refractivity contribution in [3.8, 4) is 17.8 Å². The van der Waals surface area contributed by atoms with E-state index < -0.39 is 0 Å². The Morgan fingerprint density at radius 3 is 2.80 bits per heavy atom. The fourth-order valence-electron chi connectivity index (χ4n) is 1.81. The van der Waals surface area contributed by atoms with Gasteiger partial charge in [0.25, 0.3) is 0 Å². The number of benzene rings is 1. The molecule has 0 aliphatic carbocycles. The maximum absolute atomic E-state index is 9.18. The monoisotopic (exact) mass is 266 g/mol. The van der Waals surface area contributed by atoms with Crippen molar-refractivity contribution in [2.45, 2.75) is 13.3 Å². The van der Waals surface area contributed by atoms with E-state index in [1.54, 1.807) is 24.3 Å². The second kappa shape index (κ2) is 5.77. The third-order valence-corrected chi connectivity index (χ3v) is 2.80. The summed E-state index contributed by atoms with van der Waals surface area (Å²) in [6.07, 6.45) is 0.918. The highest BCUT2D eigenvalue weighted by Gasteiger charge is 2.16. The van der Waals surface area contributed by atoms with Crippen LogP contribution in [0.15, 0.2) is 24.3 Å². The minimum absolute atomic E-state index is 0.265. The van der Waals surface area contributed by atoms with E-state index in [0.29, 0.717) is 29.2 Å². The number of nitrogens with zero attached hydrogens (tertiary/aromatic N) is 4. The van der Waals surface area contributed by atoms with Gasteiger partial charge < -0.3 is 11.1 Å². The molecule has 1 heterocycles. The molecular weight excluding hydrogens is 252 g/mol. The number of hydrogen-bond donors (Lipinski definition) is 2. The molecule has 0 fully saturated rings. The van der Waals surface area contributed by atoms with E-state index in [4.69, 9.17) is 11.0 Å². The Labute approximate surface area is 117 Å². The molecule has 0 atom stereocenters. The molecule has 0 unspecified atom stereocenters. The van der Waals surface area contributed by atoms with E-state index in [1.165, 1.54) is 4.68 Å². The molecule has 2 rings (SSSR count). The third kappa shape index (κ3) is 2.40. The molecule has 100 valence electrons. The Kier molecular flexibility index (Phi) is 3.88. The maximum atomic E-state index is 9.18. The first-order valence-corrected chi connectivity index (χ1v) is 6.24. The number of aromatic nitrogens is 2. The summed E-state index contributed by atoms with van der Waals surface area (Å²) in [6, 6.07) is 11.0. The van der Waals surface area contributed by atoms with Gasteiger partial charge in [0.15, 0.2) is 5.82 Å². The summed E-state index contributed by atoms with van der Waals surface area (Å²) in [5.41, 5.74) is 7.45. The van der Waals surface area contributed by atoms with Gasteiger partial charge >= 0.3 is 0 Å². The van der Waals surface area contributed by atoms with Gasteiger partial charge in [-0.05, 0) is 24.6 Å². The molecule has 6 heteroatoms. The van der Waals surface area contributed by atoms with Crippen LogP contribution < -0.4 is 11.1 Å². The topological polar surface area (TPSA) is 103 Å². The molecular formula is C14H14N6. The fourth-order valence-corrected chi connectivity index (χ4v) is 1.81. The number of nitrogens with one attached hydrogen (secondary N) is 1. The van der Waals surface area contributed by atoms with Crippen molar-refractivity contribution in [2.75, 3.05) is 17.6 Å². The standard InChI is InChI=1S/C14H14N6/c1-2-6-18-14-12(9-16)13(17)20(19-14)11-5-3-4-10(7-11)8-15/h3-5,7H,2,6,17H2,1H3,(H,18,19). The minimum Gasteiger partial charge on any atom is -0.382 e. The molecule has 2 aromatic rings. The van der Waals surface area contributed by atoms with Gasteiger partial charge in [0.05, 0.1) is 17.3 Å². The Balaban J connectivity index is 2.49. The smallest absolute Gasteiger partial charge is 0.168 e. The van der Waals surface area contributed by atoms with Crippen LogP contribution in [0.5, 0.6) is 0 Å². The van der Waals surface area contributed by atoms with E-state index in [-0.39, 0.29) is 5.82 Å². The van der Waals surface area contributed by atoms with Gasteiger partial charge in [0.1, 0.15) is 17.5 Å². The van der Waals surface area contributed by atoms with Crippen LogP contribution in [0.1, 0.15) is 24.5 Å². The van der Waals surface area contributed by atoms with E-state index in [0.717, 1.165) is 6.42 Å². The van der Waals surface area contributed by atoms with Crippen LogP contribution in [0, 0.1) is 22.7 Å². The van der Waals surface area contributed by atoms with Crippen molar-refractivity contribution in [1.82, 2.24) is 9.78 Å². The second-order valence-corrected chi connectivity index (χ2v) is 4.22. The number of nitrogen functional groups attached to an aromatic ring is 1. The first kappa shape index (κ1) is 13.4. The summed E-state index contributed by atoms with van der Waals surface area (Å²) in [6.45, 7) is 2.74. The number of hydrogen-bond acceptors (Lipinski definition) is 5. The summed E-state index contributed by atoms with van der Waals surface area (Å²) >= 11 is 0. The molecule has 1 aromatic carbocycles. The molecule has 20 heavy (non-hydrogen) atoms. The molecule has 3 N–H and O–H groups in total. The van der Waals surface area contributed by atoms with Crippen molar-refractivity contribution in [3.63, 3.8) is 0 Å². The largest absolute Gasteiger partial charge is 0.382 e. The molecule has 0 amide bonds. The van der Waals surface area contributed by atoms with Gasteiger partial charge in [0, 0.05) is 6.54 Å². The number of nitrogens with two attached hydrogens (primary N) is 1. The first-order valence-electron chi connectivity index (χ1n) is 6.24. The van der Waals surface area contributed by atoms with Crippen LogP contribution in [-0.4, -0.2) is 16.3 Å². The van der Waals surface area contributed by atoms with Gasteiger partial charge in [-0.25, -0.2) is 4.68 Å². The zero-order valence-electron chi connectivity index (χ0n) is 11.1. The normalized spacial score (nSPS) is 9.75. The van der Waals surface area contributed by atoms with Crippen LogP contribution in [-0.2, 0) is 0 Å². The first-order chi connectivity index (χ1) is 9.71. The average Bonchev–Trinajstić information content (AvgIpc) is 2.81. The van der Waals surface area contributed by atoms with E-state index in [9.17, 15) is 5.26 Å². The summed E-state index contributed by atoms with van der Waals surface area (Å²) in [7, 11) is 0. The molecule has 0 aliphatic rings. The molecule has 0 radical (unpaired) electrons. The van der Waals surface area contributed by atoms with E-state index in [1.807, 2.05) is 6.92 Å². The molecule has 0 aliphatic heterocycles.